The van der Waals surface area contributed by atoms with Crippen LogP contribution >= 0.6 is 0 Å². The molecule has 7 heteroatoms. The number of rotatable bonds is 5. The van der Waals surface area contributed by atoms with Crippen molar-refractivity contribution in [2.24, 2.45) is 0 Å². The molecule has 4 heterocycles. The Balaban J connectivity index is 0.000000194. The second-order valence-electron chi connectivity index (χ2n) is 12.5. The topological polar surface area (TPSA) is 56.7 Å². The van der Waals surface area contributed by atoms with Crippen molar-refractivity contribution < 1.29 is 24.5 Å². The van der Waals surface area contributed by atoms with Crippen molar-refractivity contribution in [2.75, 3.05) is 0 Å². The van der Waals surface area contributed by atoms with Gasteiger partial charge in [-0.3, -0.25) is 9.97 Å². The molecule has 0 N–H and O–H groups in total. The molecule has 0 bridgehead atoms. The van der Waals surface area contributed by atoms with Crippen molar-refractivity contribution >= 4 is 46.4 Å². The van der Waals surface area contributed by atoms with Crippen molar-refractivity contribution in [3.63, 3.8) is 0 Å². The van der Waals surface area contributed by atoms with E-state index in [9.17, 15) is 0 Å². The summed E-state index contributed by atoms with van der Waals surface area (Å²) >= 11 is 0. The molecule has 0 spiro atoms. The number of para-hydroxylation sites is 2. The molecule has 5 nitrogen and oxygen atoms in total. The van der Waals surface area contributed by atoms with Gasteiger partial charge in [0.1, 0.15) is 5.58 Å². The maximum atomic E-state index is 6.27. The summed E-state index contributed by atoms with van der Waals surface area (Å²) in [4.78, 5) is 14.0. The molecule has 0 saturated carbocycles. The molecule has 4 aromatic carbocycles. The van der Waals surface area contributed by atoms with Crippen LogP contribution in [-0.4, -0.2) is 27.6 Å². The molecule has 4 aromatic heterocycles. The first kappa shape index (κ1) is 32.3. The smallest absolute Gasteiger partial charge is 0.119 e. The largest absolute Gasteiger partial charge is 0.513 e. The summed E-state index contributed by atoms with van der Waals surface area (Å²) in [7, 11) is -1.23. The van der Waals surface area contributed by atoms with E-state index in [0.717, 1.165) is 61.3 Å². The molecular formula is C40H34IrN4OSi-2. The van der Waals surface area contributed by atoms with E-state index in [2.05, 4.69) is 108 Å². The molecule has 0 unspecified atom stereocenters. The zero-order chi connectivity index (χ0) is 31.7. The summed E-state index contributed by atoms with van der Waals surface area (Å²) in [6, 6.07) is 43.6. The Morgan fingerprint density at radius 1 is 0.809 bits per heavy atom. The van der Waals surface area contributed by atoms with E-state index in [1.54, 1.807) is 6.20 Å². The number of aryl methyl sites for hydroxylation is 1. The van der Waals surface area contributed by atoms with Crippen LogP contribution in [-0.2, 0) is 26.7 Å². The van der Waals surface area contributed by atoms with Crippen LogP contribution in [0.3, 0.4) is 0 Å². The minimum Gasteiger partial charge on any atom is -0.513 e. The van der Waals surface area contributed by atoms with Gasteiger partial charge in [0, 0.05) is 44.1 Å². The fourth-order valence-corrected chi connectivity index (χ4v) is 6.66. The fourth-order valence-electron chi connectivity index (χ4n) is 5.62. The third-order valence-electron chi connectivity index (χ3n) is 8.13. The van der Waals surface area contributed by atoms with Crippen LogP contribution < -0.4 is 5.19 Å². The fraction of sp³-hybridized carbons (Fsp3) is 0.125. The maximum Gasteiger partial charge on any atom is 0.119 e. The van der Waals surface area contributed by atoms with Gasteiger partial charge >= 0.3 is 0 Å². The average Bonchev–Trinajstić information content (AvgIpc) is 3.63. The summed E-state index contributed by atoms with van der Waals surface area (Å²) in [5.41, 5.74) is 9.71. The van der Waals surface area contributed by atoms with Crippen molar-refractivity contribution in [2.45, 2.75) is 33.1 Å². The van der Waals surface area contributed by atoms with Crippen LogP contribution in [0.25, 0.3) is 55.7 Å². The summed E-state index contributed by atoms with van der Waals surface area (Å²) in [6.07, 6.45) is 3.74. The third kappa shape index (κ3) is 6.74. The number of fused-ring (bicyclic) bond motifs is 4. The molecule has 235 valence electrons. The number of hydrogen-bond acceptors (Lipinski definition) is 4. The average molecular weight is 807 g/mol. The van der Waals surface area contributed by atoms with E-state index in [-0.39, 0.29) is 20.1 Å². The number of pyridine rings is 2. The van der Waals surface area contributed by atoms with Gasteiger partial charge in [-0.05, 0) is 59.4 Å². The van der Waals surface area contributed by atoms with Gasteiger partial charge in [0.15, 0.2) is 0 Å². The SMILES string of the molecule is C[Si](C)(C)c1ccc(-c2[c-]cccc2)nc1.Cc1ccc2c(c1)oc1c(-c3nc4ccccc4n3Cc3ccccc3)[c-]cnc12.[Ir]. The molecule has 47 heavy (non-hydrogen) atoms. The number of benzene rings is 4. The predicted octanol–water partition coefficient (Wildman–Crippen LogP) is 9.25. The Hall–Kier alpha value is -4.68. The van der Waals surface area contributed by atoms with Crippen LogP contribution in [0.5, 0.6) is 0 Å². The van der Waals surface area contributed by atoms with E-state index < -0.39 is 8.07 Å². The Labute approximate surface area is 289 Å². The second-order valence-corrected chi connectivity index (χ2v) is 17.6. The van der Waals surface area contributed by atoms with Gasteiger partial charge in [-0.25, -0.2) is 0 Å². The molecule has 0 saturated heterocycles. The minimum absolute atomic E-state index is 0. The van der Waals surface area contributed by atoms with Crippen LogP contribution in [0.2, 0.25) is 19.6 Å². The van der Waals surface area contributed by atoms with Gasteiger partial charge in [0.05, 0.1) is 30.2 Å². The number of aromatic nitrogens is 4. The van der Waals surface area contributed by atoms with E-state index in [1.807, 2.05) is 60.8 Å². The van der Waals surface area contributed by atoms with Crippen LogP contribution in [0.1, 0.15) is 11.1 Å². The van der Waals surface area contributed by atoms with Crippen molar-refractivity contribution in [1.29, 1.82) is 0 Å². The molecule has 8 rings (SSSR count). The number of hydrogen-bond donors (Lipinski definition) is 0. The van der Waals surface area contributed by atoms with Gasteiger partial charge < -0.3 is 14.0 Å². The van der Waals surface area contributed by atoms with Crippen molar-refractivity contribution in [3.8, 4) is 22.6 Å². The second kappa shape index (κ2) is 13.6. The van der Waals surface area contributed by atoms with E-state index in [4.69, 9.17) is 9.40 Å². The molecule has 0 aliphatic carbocycles. The van der Waals surface area contributed by atoms with E-state index >= 15 is 0 Å². The molecule has 0 atom stereocenters. The van der Waals surface area contributed by atoms with Crippen LogP contribution in [0.4, 0.5) is 0 Å². The summed E-state index contributed by atoms with van der Waals surface area (Å²) in [5, 5.41) is 2.41. The quantitative estimate of drug-likeness (QED) is 0.129. The Morgan fingerprint density at radius 2 is 1.60 bits per heavy atom. The minimum atomic E-state index is -1.23. The standard InChI is InChI=1S/C26H18N3O.C14H16NSi.Ir/c1-17-11-12-19-23(15-17)30-25-20(13-14-27-24(19)25)26-28-21-9-5-6-10-22(21)29(26)16-18-7-3-2-4-8-18;1-16(2,3)13-9-10-14(15-11-13)12-7-5-4-6-8-12;/h2-12,14-15H,16H2,1H3;4-7,9-11H,1-3H3;/q2*-1;. The van der Waals surface area contributed by atoms with Crippen LogP contribution in [0, 0.1) is 19.1 Å². The summed E-state index contributed by atoms with van der Waals surface area (Å²) < 4.78 is 8.50. The zero-order valence-corrected chi connectivity index (χ0v) is 30.2. The molecule has 0 aliphatic heterocycles. The third-order valence-corrected chi connectivity index (χ3v) is 10.2. The number of furan rings is 1. The van der Waals surface area contributed by atoms with Crippen molar-refractivity contribution in [3.05, 3.63) is 145 Å². The molecule has 0 fully saturated rings. The maximum absolute atomic E-state index is 6.27. The summed E-state index contributed by atoms with van der Waals surface area (Å²) in [5.74, 6) is 0.836. The molecule has 1 radical (unpaired) electrons. The number of imidazole rings is 1. The molecule has 0 aliphatic rings. The van der Waals surface area contributed by atoms with Crippen molar-refractivity contribution in [1.82, 2.24) is 19.5 Å². The predicted molar refractivity (Wildman–Crippen MR) is 191 cm³/mol. The van der Waals surface area contributed by atoms with Gasteiger partial charge in [0.25, 0.3) is 0 Å². The first-order chi connectivity index (χ1) is 22.3. The summed E-state index contributed by atoms with van der Waals surface area (Å²) in [6.45, 7) is 9.77. The Bertz CT molecular complexity index is 2270. The first-order valence-electron chi connectivity index (χ1n) is 15.5. The number of nitrogens with zero attached hydrogens (tertiary/aromatic N) is 4. The molecule has 8 aromatic rings. The van der Waals surface area contributed by atoms with Gasteiger partial charge in [-0.15, -0.1) is 47.5 Å². The molecule has 0 amide bonds. The van der Waals surface area contributed by atoms with Gasteiger partial charge in [-0.2, -0.15) is 0 Å². The van der Waals surface area contributed by atoms with Gasteiger partial charge in [-0.1, -0.05) is 80.3 Å². The van der Waals surface area contributed by atoms with Gasteiger partial charge in [0.2, 0.25) is 0 Å². The Morgan fingerprint density at radius 3 is 2.34 bits per heavy atom. The first-order valence-corrected chi connectivity index (χ1v) is 19.0. The zero-order valence-electron chi connectivity index (χ0n) is 26.8. The monoisotopic (exact) mass is 807 g/mol. The normalized spacial score (nSPS) is 11.3. The van der Waals surface area contributed by atoms with E-state index in [1.165, 1.54) is 10.8 Å². The molecular weight excluding hydrogens is 773 g/mol. The van der Waals surface area contributed by atoms with Crippen LogP contribution in [0.15, 0.2) is 126 Å². The Kier molecular flexibility index (Phi) is 9.32. The van der Waals surface area contributed by atoms with E-state index in [0.29, 0.717) is 6.54 Å².